The van der Waals surface area contributed by atoms with Gasteiger partial charge >= 0.3 is 0 Å². The Morgan fingerprint density at radius 3 is 2.55 bits per heavy atom. The molecule has 9 heteroatoms. The summed E-state index contributed by atoms with van der Waals surface area (Å²) < 4.78 is 2.05. The molecule has 0 aliphatic heterocycles. The summed E-state index contributed by atoms with van der Waals surface area (Å²) in [4.78, 5) is 9.09. The zero-order valence-electron chi connectivity index (χ0n) is 23.9. The van der Waals surface area contributed by atoms with Gasteiger partial charge in [-0.1, -0.05) is 44.2 Å². The molecule has 0 saturated heterocycles. The fourth-order valence-corrected chi connectivity index (χ4v) is 6.31. The molecule has 0 amide bonds. The van der Waals surface area contributed by atoms with Gasteiger partial charge in [-0.3, -0.25) is 9.97 Å². The number of hydrogen-bond acceptors (Lipinski definition) is 8. The van der Waals surface area contributed by atoms with Crippen LogP contribution in [0.25, 0.3) is 21.8 Å². The van der Waals surface area contributed by atoms with Crippen LogP contribution in [0.3, 0.4) is 0 Å². The lowest BCUT2D eigenvalue weighted by atomic mass is 9.50. The molecule has 8 rings (SSSR count). The smallest absolute Gasteiger partial charge is 0.110 e. The number of fused-ring (bicyclic) bond motifs is 2. The minimum atomic E-state index is -0.360. The van der Waals surface area contributed by atoms with Crippen LogP contribution in [-0.4, -0.2) is 31.5 Å². The highest BCUT2D eigenvalue weighted by atomic mass is 15.5. The van der Waals surface area contributed by atoms with Crippen molar-refractivity contribution in [1.82, 2.24) is 25.0 Å². The van der Waals surface area contributed by atoms with E-state index in [1.165, 1.54) is 25.5 Å². The average molecular weight is 554 g/mol. The second-order valence-corrected chi connectivity index (χ2v) is 12.9. The van der Waals surface area contributed by atoms with Crippen molar-refractivity contribution < 1.29 is 0 Å². The van der Waals surface area contributed by atoms with E-state index in [-0.39, 0.29) is 17.0 Å². The molecule has 0 radical (unpaired) electrons. The van der Waals surface area contributed by atoms with Crippen LogP contribution in [0.4, 0.5) is 11.4 Å². The average Bonchev–Trinajstić information content (AvgIpc) is 3.41. The molecule has 3 saturated carbocycles. The molecule has 0 spiro atoms. The molecule has 5 aromatic rings. The van der Waals surface area contributed by atoms with Gasteiger partial charge < -0.3 is 10.6 Å². The van der Waals surface area contributed by atoms with Crippen molar-refractivity contribution in [1.29, 1.82) is 10.5 Å². The van der Waals surface area contributed by atoms with Gasteiger partial charge in [-0.05, 0) is 60.4 Å². The molecule has 2 aromatic carbocycles. The summed E-state index contributed by atoms with van der Waals surface area (Å²) >= 11 is 0. The number of benzene rings is 2. The van der Waals surface area contributed by atoms with E-state index >= 15 is 0 Å². The van der Waals surface area contributed by atoms with Gasteiger partial charge in [0.15, 0.2) is 0 Å². The van der Waals surface area contributed by atoms with E-state index in [9.17, 15) is 10.5 Å². The molecular weight excluding hydrogens is 522 g/mol. The van der Waals surface area contributed by atoms with Crippen LogP contribution < -0.4 is 10.6 Å². The first kappa shape index (κ1) is 25.9. The molecule has 3 aliphatic carbocycles. The van der Waals surface area contributed by atoms with Crippen LogP contribution in [0.1, 0.15) is 68.5 Å². The number of aromatic nitrogens is 5. The maximum Gasteiger partial charge on any atom is 0.110 e. The fraction of sp³-hybridized carbons (Fsp3) is 0.333. The van der Waals surface area contributed by atoms with Crippen molar-refractivity contribution in [2.45, 2.75) is 51.6 Å². The van der Waals surface area contributed by atoms with Gasteiger partial charge in [0.1, 0.15) is 17.8 Å². The number of nitrogens with zero attached hydrogens (tertiary/aromatic N) is 7. The predicted molar refractivity (Wildman–Crippen MR) is 162 cm³/mol. The van der Waals surface area contributed by atoms with Gasteiger partial charge in [0.25, 0.3) is 0 Å². The van der Waals surface area contributed by atoms with Crippen molar-refractivity contribution in [3.8, 4) is 12.1 Å². The number of rotatable bonds is 7. The molecule has 9 nitrogen and oxygen atoms in total. The third kappa shape index (κ3) is 4.29. The van der Waals surface area contributed by atoms with Crippen LogP contribution in [-0.2, 0) is 5.54 Å². The summed E-state index contributed by atoms with van der Waals surface area (Å²) in [6.45, 7) is 7.05. The van der Waals surface area contributed by atoms with Gasteiger partial charge in [0.2, 0.25) is 0 Å². The molecule has 208 valence electrons. The molecule has 2 bridgehead atoms. The number of pyridine rings is 2. The van der Waals surface area contributed by atoms with Crippen molar-refractivity contribution in [3.05, 3.63) is 83.4 Å². The summed E-state index contributed by atoms with van der Waals surface area (Å²) in [5.41, 5.74) is 5.61. The molecule has 42 heavy (non-hydrogen) atoms. The highest BCUT2D eigenvalue weighted by Crippen LogP contribution is 2.62. The third-order valence-electron chi connectivity index (χ3n) is 8.61. The molecule has 1 unspecified atom stereocenters. The first-order valence-electron chi connectivity index (χ1n) is 14.3. The standard InChI is InChI=1S/C33H31N9/c1-32(2,3)19-38-30-22(16-35)17-37-29-21(15-34)10-23(11-26(29)30)39-31(25-6-4-8-27-24(25)7-5-9-36-27)28-18-42(41-40-28)33-12-20(13-33)14-33/h4-11,17-18,20,31,39H,12-14,19H2,1-3H3,(H,37,38). The lowest BCUT2D eigenvalue weighted by molar-refractivity contribution is -0.0989. The van der Waals surface area contributed by atoms with Gasteiger partial charge in [0, 0.05) is 35.4 Å². The SMILES string of the molecule is CC(C)(C)CNc1c(C#N)cnc2c(C#N)cc(NC(c3cn(C45CC(C4)C5)nn3)c3cccc4ncccc34)cc12. The first-order chi connectivity index (χ1) is 20.3. The Morgan fingerprint density at radius 1 is 1.02 bits per heavy atom. The van der Waals surface area contributed by atoms with E-state index in [2.05, 4.69) is 86.8 Å². The van der Waals surface area contributed by atoms with Crippen LogP contribution in [0, 0.1) is 34.0 Å². The van der Waals surface area contributed by atoms with Gasteiger partial charge in [0.05, 0.1) is 45.6 Å². The van der Waals surface area contributed by atoms with Gasteiger partial charge in [-0.15, -0.1) is 5.10 Å². The summed E-state index contributed by atoms with van der Waals surface area (Å²) in [5.74, 6) is 0.825. The lowest BCUT2D eigenvalue weighted by Gasteiger charge is -2.61. The van der Waals surface area contributed by atoms with Crippen molar-refractivity contribution in [3.63, 3.8) is 0 Å². The predicted octanol–water partition coefficient (Wildman–Crippen LogP) is 6.29. The number of nitrogens with one attached hydrogen (secondary N) is 2. The first-order valence-corrected chi connectivity index (χ1v) is 14.3. The third-order valence-corrected chi connectivity index (χ3v) is 8.61. The Kier molecular flexibility index (Phi) is 5.88. The number of anilines is 2. The number of hydrogen-bond donors (Lipinski definition) is 2. The van der Waals surface area contributed by atoms with Crippen molar-refractivity contribution in [2.24, 2.45) is 11.3 Å². The lowest BCUT2D eigenvalue weighted by Crippen LogP contribution is -2.59. The van der Waals surface area contributed by atoms with Crippen LogP contribution in [0.2, 0.25) is 0 Å². The summed E-state index contributed by atoms with van der Waals surface area (Å²) in [6.07, 6.45) is 8.90. The Bertz CT molecular complexity index is 1910. The minimum Gasteiger partial charge on any atom is -0.383 e. The summed E-state index contributed by atoms with van der Waals surface area (Å²) in [6, 6.07) is 18.1. The van der Waals surface area contributed by atoms with E-state index < -0.39 is 0 Å². The van der Waals surface area contributed by atoms with E-state index in [0.717, 1.165) is 39.2 Å². The molecule has 1 atom stereocenters. The molecule has 3 heterocycles. The van der Waals surface area contributed by atoms with Crippen molar-refractivity contribution in [2.75, 3.05) is 17.2 Å². The quantitative estimate of drug-likeness (QED) is 0.241. The van der Waals surface area contributed by atoms with Gasteiger partial charge in [-0.2, -0.15) is 10.5 Å². The molecule has 3 aliphatic rings. The zero-order chi connectivity index (χ0) is 29.1. The van der Waals surface area contributed by atoms with E-state index in [1.807, 2.05) is 30.3 Å². The van der Waals surface area contributed by atoms with Crippen molar-refractivity contribution >= 4 is 33.2 Å². The van der Waals surface area contributed by atoms with Gasteiger partial charge in [-0.25, -0.2) is 4.68 Å². The van der Waals surface area contributed by atoms with E-state index in [4.69, 9.17) is 0 Å². The summed E-state index contributed by atoms with van der Waals surface area (Å²) in [7, 11) is 0. The highest BCUT2D eigenvalue weighted by Gasteiger charge is 2.58. The number of nitriles is 2. The normalized spacial score (nSPS) is 19.8. The van der Waals surface area contributed by atoms with E-state index in [1.54, 1.807) is 6.20 Å². The highest BCUT2D eigenvalue weighted by molar-refractivity contribution is 5.99. The van der Waals surface area contributed by atoms with E-state index in [0.29, 0.717) is 28.9 Å². The monoisotopic (exact) mass is 553 g/mol. The fourth-order valence-electron chi connectivity index (χ4n) is 6.31. The Labute approximate surface area is 244 Å². The molecule has 3 aromatic heterocycles. The van der Waals surface area contributed by atoms with Crippen LogP contribution in [0.15, 0.2) is 61.1 Å². The molecular formula is C33H31N9. The maximum atomic E-state index is 10.1. The van der Waals surface area contributed by atoms with Crippen LogP contribution in [0.5, 0.6) is 0 Å². The molecule has 3 fully saturated rings. The second-order valence-electron chi connectivity index (χ2n) is 12.9. The minimum absolute atomic E-state index is 0.0179. The van der Waals surface area contributed by atoms with Crippen LogP contribution >= 0.6 is 0 Å². The second kappa shape index (κ2) is 9.53. The largest absolute Gasteiger partial charge is 0.383 e. The topological polar surface area (TPSA) is 128 Å². The summed E-state index contributed by atoms with van der Waals surface area (Å²) in [5, 5.41) is 38.2. The Morgan fingerprint density at radius 2 is 1.83 bits per heavy atom. The molecule has 2 N–H and O–H groups in total. The Balaban J connectivity index is 1.36. The zero-order valence-corrected chi connectivity index (χ0v) is 23.9. The Hall–Kier alpha value is -5.02. The maximum absolute atomic E-state index is 10.1.